The first-order chi connectivity index (χ1) is 10.2. The molecule has 5 heteroatoms. The van der Waals surface area contributed by atoms with Gasteiger partial charge in [-0.15, -0.1) is 0 Å². The Hall–Kier alpha value is -2.40. The van der Waals surface area contributed by atoms with E-state index in [1.54, 1.807) is 19.5 Å². The fourth-order valence-corrected chi connectivity index (χ4v) is 1.93. The molecular formula is C16H19N3O2. The van der Waals surface area contributed by atoms with Crippen molar-refractivity contribution in [3.63, 3.8) is 0 Å². The molecule has 0 radical (unpaired) electrons. The van der Waals surface area contributed by atoms with E-state index in [9.17, 15) is 4.79 Å². The zero-order valence-corrected chi connectivity index (χ0v) is 12.2. The van der Waals surface area contributed by atoms with Gasteiger partial charge in [0.15, 0.2) is 0 Å². The highest BCUT2D eigenvalue weighted by Gasteiger charge is 2.06. The monoisotopic (exact) mass is 285 g/mol. The van der Waals surface area contributed by atoms with Crippen LogP contribution < -0.4 is 15.4 Å². The average molecular weight is 285 g/mol. The Balaban J connectivity index is 1.84. The summed E-state index contributed by atoms with van der Waals surface area (Å²) in [5, 5.41) is 5.93. The van der Waals surface area contributed by atoms with Crippen LogP contribution in [0.4, 0.5) is 5.69 Å². The number of pyridine rings is 1. The molecule has 0 saturated carbocycles. The number of anilines is 1. The highest BCUT2D eigenvalue weighted by atomic mass is 16.5. The molecule has 2 N–H and O–H groups in total. The molecule has 0 bridgehead atoms. The van der Waals surface area contributed by atoms with Crippen molar-refractivity contribution in [2.45, 2.75) is 13.5 Å². The predicted octanol–water partition coefficient (Wildman–Crippen LogP) is 2.13. The summed E-state index contributed by atoms with van der Waals surface area (Å²) < 4.78 is 5.19. The zero-order valence-electron chi connectivity index (χ0n) is 12.2. The van der Waals surface area contributed by atoms with Crippen LogP contribution in [-0.4, -0.2) is 24.5 Å². The van der Waals surface area contributed by atoms with E-state index in [1.807, 2.05) is 37.3 Å². The van der Waals surface area contributed by atoms with Gasteiger partial charge in [-0.1, -0.05) is 12.1 Å². The number of aryl methyl sites for hydroxylation is 1. The maximum atomic E-state index is 11.9. The van der Waals surface area contributed by atoms with Gasteiger partial charge in [0.2, 0.25) is 5.91 Å². The number of ether oxygens (including phenoxy) is 1. The Morgan fingerprint density at radius 1 is 1.29 bits per heavy atom. The van der Waals surface area contributed by atoms with Crippen LogP contribution >= 0.6 is 0 Å². The number of amides is 1. The van der Waals surface area contributed by atoms with Crippen molar-refractivity contribution in [1.29, 1.82) is 0 Å². The van der Waals surface area contributed by atoms with Gasteiger partial charge in [0.1, 0.15) is 5.75 Å². The van der Waals surface area contributed by atoms with Gasteiger partial charge in [0.25, 0.3) is 0 Å². The summed E-state index contributed by atoms with van der Waals surface area (Å²) in [7, 11) is 1.58. The van der Waals surface area contributed by atoms with Gasteiger partial charge >= 0.3 is 0 Å². The highest BCUT2D eigenvalue weighted by molar-refractivity contribution is 5.93. The number of rotatable bonds is 6. The number of hydrogen-bond acceptors (Lipinski definition) is 4. The van der Waals surface area contributed by atoms with E-state index in [0.29, 0.717) is 18.0 Å². The van der Waals surface area contributed by atoms with Crippen molar-refractivity contribution in [3.05, 3.63) is 53.9 Å². The molecule has 1 amide bonds. The third kappa shape index (κ3) is 4.29. The van der Waals surface area contributed by atoms with Crippen LogP contribution in [0.3, 0.4) is 0 Å². The van der Waals surface area contributed by atoms with Crippen LogP contribution in [0.5, 0.6) is 5.75 Å². The van der Waals surface area contributed by atoms with Crippen LogP contribution in [-0.2, 0) is 11.3 Å². The van der Waals surface area contributed by atoms with Crippen LogP contribution in [0.15, 0.2) is 42.7 Å². The third-order valence-corrected chi connectivity index (χ3v) is 3.13. The Morgan fingerprint density at radius 3 is 2.86 bits per heavy atom. The van der Waals surface area contributed by atoms with Gasteiger partial charge in [-0.3, -0.25) is 9.78 Å². The number of carbonyl (C=O) groups is 1. The Kier molecular flexibility index (Phi) is 5.29. The summed E-state index contributed by atoms with van der Waals surface area (Å²) >= 11 is 0. The van der Waals surface area contributed by atoms with Crippen molar-refractivity contribution >= 4 is 11.6 Å². The summed E-state index contributed by atoms with van der Waals surface area (Å²) in [6.45, 7) is 2.86. The predicted molar refractivity (Wildman–Crippen MR) is 82.3 cm³/mol. The summed E-state index contributed by atoms with van der Waals surface area (Å²) in [6, 6.07) is 9.28. The van der Waals surface area contributed by atoms with Crippen molar-refractivity contribution in [2.75, 3.05) is 19.0 Å². The number of nitrogens with one attached hydrogen (secondary N) is 2. The van der Waals surface area contributed by atoms with Gasteiger partial charge in [0.05, 0.1) is 19.3 Å². The van der Waals surface area contributed by atoms with E-state index in [4.69, 9.17) is 4.74 Å². The Labute approximate surface area is 124 Å². The lowest BCUT2D eigenvalue weighted by atomic mass is 10.1. The van der Waals surface area contributed by atoms with Crippen molar-refractivity contribution in [2.24, 2.45) is 0 Å². The minimum absolute atomic E-state index is 0.110. The summed E-state index contributed by atoms with van der Waals surface area (Å²) in [4.78, 5) is 16.0. The second-order valence-corrected chi connectivity index (χ2v) is 4.65. The molecule has 0 spiro atoms. The second kappa shape index (κ2) is 7.40. The molecule has 0 fully saturated rings. The van der Waals surface area contributed by atoms with Crippen molar-refractivity contribution in [3.8, 4) is 5.75 Å². The largest absolute Gasteiger partial charge is 0.495 e. The number of carbonyl (C=O) groups excluding carboxylic acids is 1. The normalized spacial score (nSPS) is 10.2. The molecule has 0 aliphatic heterocycles. The highest BCUT2D eigenvalue weighted by Crippen LogP contribution is 2.22. The Bertz CT molecular complexity index is 614. The number of methoxy groups -OCH3 is 1. The van der Waals surface area contributed by atoms with E-state index in [1.165, 1.54) is 0 Å². The lowest BCUT2D eigenvalue weighted by Gasteiger charge is -2.10. The van der Waals surface area contributed by atoms with Gasteiger partial charge in [-0.05, 0) is 36.2 Å². The van der Waals surface area contributed by atoms with Crippen LogP contribution in [0.1, 0.15) is 11.1 Å². The Morgan fingerprint density at radius 2 is 2.10 bits per heavy atom. The summed E-state index contributed by atoms with van der Waals surface area (Å²) in [6.07, 6.45) is 3.56. The molecule has 2 rings (SSSR count). The van der Waals surface area contributed by atoms with E-state index in [2.05, 4.69) is 15.6 Å². The van der Waals surface area contributed by atoms with Crippen molar-refractivity contribution in [1.82, 2.24) is 10.3 Å². The molecule has 0 unspecified atom stereocenters. The molecular weight excluding hydrogens is 266 g/mol. The molecule has 110 valence electrons. The molecule has 1 aromatic heterocycles. The number of aromatic nitrogens is 1. The first kappa shape index (κ1) is 15.0. The summed E-state index contributed by atoms with van der Waals surface area (Å²) in [5.41, 5.74) is 2.91. The maximum absolute atomic E-state index is 11.9. The molecule has 1 aromatic carbocycles. The van der Waals surface area contributed by atoms with Gasteiger partial charge in [0, 0.05) is 18.9 Å². The molecule has 0 atom stereocenters. The fraction of sp³-hybridized carbons (Fsp3) is 0.250. The van der Waals surface area contributed by atoms with E-state index in [-0.39, 0.29) is 12.5 Å². The lowest BCUT2D eigenvalue weighted by molar-refractivity contribution is -0.115. The standard InChI is InChI=1S/C16H19N3O2/c1-12-7-8-17-9-13(12)10-18-11-16(20)19-14-5-3-4-6-15(14)21-2/h3-9,18H,10-11H2,1-2H3,(H,19,20). The molecule has 2 aromatic rings. The second-order valence-electron chi connectivity index (χ2n) is 4.65. The van der Waals surface area contributed by atoms with Gasteiger partial charge in [-0.2, -0.15) is 0 Å². The molecule has 0 saturated heterocycles. The lowest BCUT2D eigenvalue weighted by Crippen LogP contribution is -2.28. The number of para-hydroxylation sites is 2. The first-order valence-electron chi connectivity index (χ1n) is 6.74. The quantitative estimate of drug-likeness (QED) is 0.853. The smallest absolute Gasteiger partial charge is 0.238 e. The molecule has 0 aliphatic carbocycles. The SMILES string of the molecule is COc1ccccc1NC(=O)CNCc1cnccc1C. The van der Waals surface area contributed by atoms with E-state index < -0.39 is 0 Å². The maximum Gasteiger partial charge on any atom is 0.238 e. The first-order valence-corrected chi connectivity index (χ1v) is 6.74. The fourth-order valence-electron chi connectivity index (χ4n) is 1.93. The summed E-state index contributed by atoms with van der Waals surface area (Å²) in [5.74, 6) is 0.537. The average Bonchev–Trinajstić information content (AvgIpc) is 2.50. The minimum Gasteiger partial charge on any atom is -0.495 e. The topological polar surface area (TPSA) is 63.2 Å². The zero-order chi connectivity index (χ0) is 15.1. The third-order valence-electron chi connectivity index (χ3n) is 3.13. The van der Waals surface area contributed by atoms with Crippen LogP contribution in [0.2, 0.25) is 0 Å². The molecule has 0 aliphatic rings. The van der Waals surface area contributed by atoms with E-state index in [0.717, 1.165) is 11.1 Å². The minimum atomic E-state index is -0.110. The van der Waals surface area contributed by atoms with Gasteiger partial charge < -0.3 is 15.4 Å². The van der Waals surface area contributed by atoms with Gasteiger partial charge in [-0.25, -0.2) is 0 Å². The molecule has 1 heterocycles. The number of nitrogens with zero attached hydrogens (tertiary/aromatic N) is 1. The van der Waals surface area contributed by atoms with E-state index >= 15 is 0 Å². The molecule has 5 nitrogen and oxygen atoms in total. The van der Waals surface area contributed by atoms with Crippen LogP contribution in [0, 0.1) is 6.92 Å². The molecule has 21 heavy (non-hydrogen) atoms. The van der Waals surface area contributed by atoms with Crippen molar-refractivity contribution < 1.29 is 9.53 Å². The number of hydrogen-bond donors (Lipinski definition) is 2. The van der Waals surface area contributed by atoms with Crippen LogP contribution in [0.25, 0.3) is 0 Å². The number of benzene rings is 1.